The standard InChI is InChI=1S/C18H23N3O3/c1-18(2,3)24-17(22)16-14-11-19-10-9-15(14)21(20-16)12-5-7-13(23-4)8-6-12/h5-8,19H,9-11H2,1-4H3. The van der Waals surface area contributed by atoms with Crippen molar-refractivity contribution >= 4 is 5.97 Å². The Kier molecular flexibility index (Phi) is 4.32. The van der Waals surface area contributed by atoms with Gasteiger partial charge in [-0.25, -0.2) is 9.48 Å². The van der Waals surface area contributed by atoms with Crippen molar-refractivity contribution in [1.29, 1.82) is 0 Å². The molecule has 1 aliphatic heterocycles. The lowest BCUT2D eigenvalue weighted by Crippen LogP contribution is -2.27. The summed E-state index contributed by atoms with van der Waals surface area (Å²) in [5, 5.41) is 7.86. The molecule has 6 heteroatoms. The van der Waals surface area contributed by atoms with E-state index in [-0.39, 0.29) is 5.97 Å². The summed E-state index contributed by atoms with van der Waals surface area (Å²) in [5.74, 6) is 0.406. The molecule has 2 heterocycles. The molecule has 0 radical (unpaired) electrons. The Morgan fingerprint density at radius 2 is 1.96 bits per heavy atom. The van der Waals surface area contributed by atoms with E-state index in [4.69, 9.17) is 9.47 Å². The quantitative estimate of drug-likeness (QED) is 0.877. The van der Waals surface area contributed by atoms with Crippen molar-refractivity contribution in [3.8, 4) is 11.4 Å². The fourth-order valence-corrected chi connectivity index (χ4v) is 2.78. The molecule has 0 atom stereocenters. The first kappa shape index (κ1) is 16.5. The molecule has 0 saturated heterocycles. The first-order chi connectivity index (χ1) is 11.4. The summed E-state index contributed by atoms with van der Waals surface area (Å²) in [6.45, 7) is 7.06. The molecule has 0 bridgehead atoms. The van der Waals surface area contributed by atoms with E-state index in [0.29, 0.717) is 12.2 Å². The number of ether oxygens (including phenoxy) is 2. The van der Waals surface area contributed by atoms with Crippen LogP contribution in [-0.4, -0.2) is 35.0 Å². The van der Waals surface area contributed by atoms with E-state index >= 15 is 0 Å². The number of benzene rings is 1. The lowest BCUT2D eigenvalue weighted by molar-refractivity contribution is 0.00610. The van der Waals surface area contributed by atoms with Crippen LogP contribution in [0.15, 0.2) is 24.3 Å². The molecular formula is C18H23N3O3. The van der Waals surface area contributed by atoms with Crippen molar-refractivity contribution in [2.45, 2.75) is 39.3 Å². The maximum absolute atomic E-state index is 12.5. The van der Waals surface area contributed by atoms with Gasteiger partial charge in [-0.1, -0.05) is 0 Å². The molecular weight excluding hydrogens is 306 g/mol. The van der Waals surface area contributed by atoms with Crippen LogP contribution in [0.2, 0.25) is 0 Å². The number of rotatable bonds is 3. The van der Waals surface area contributed by atoms with Crippen LogP contribution in [0.5, 0.6) is 5.75 Å². The molecule has 1 aliphatic rings. The lowest BCUT2D eigenvalue weighted by Gasteiger charge is -2.19. The SMILES string of the molecule is COc1ccc(-n2nc(C(=O)OC(C)(C)C)c3c2CCNC3)cc1. The monoisotopic (exact) mass is 329 g/mol. The molecule has 6 nitrogen and oxygen atoms in total. The molecule has 1 aromatic heterocycles. The van der Waals surface area contributed by atoms with Gasteiger partial charge in [-0.05, 0) is 45.0 Å². The van der Waals surface area contributed by atoms with Crippen molar-refractivity contribution in [2.24, 2.45) is 0 Å². The molecule has 0 spiro atoms. The first-order valence-corrected chi connectivity index (χ1v) is 8.08. The van der Waals surface area contributed by atoms with Gasteiger partial charge < -0.3 is 14.8 Å². The van der Waals surface area contributed by atoms with Gasteiger partial charge in [0.1, 0.15) is 11.4 Å². The van der Waals surface area contributed by atoms with E-state index in [1.165, 1.54) is 0 Å². The van der Waals surface area contributed by atoms with Gasteiger partial charge in [-0.3, -0.25) is 0 Å². The van der Waals surface area contributed by atoms with Crippen molar-refractivity contribution < 1.29 is 14.3 Å². The number of esters is 1. The number of hydrogen-bond acceptors (Lipinski definition) is 5. The maximum atomic E-state index is 12.5. The predicted octanol–water partition coefficient (Wildman–Crippen LogP) is 2.48. The molecule has 3 rings (SSSR count). The van der Waals surface area contributed by atoms with Crippen molar-refractivity contribution in [1.82, 2.24) is 15.1 Å². The predicted molar refractivity (Wildman–Crippen MR) is 90.7 cm³/mol. The highest BCUT2D eigenvalue weighted by atomic mass is 16.6. The Balaban J connectivity index is 2.02. The zero-order valence-electron chi connectivity index (χ0n) is 14.5. The Bertz CT molecular complexity index is 742. The summed E-state index contributed by atoms with van der Waals surface area (Å²) < 4.78 is 12.6. The zero-order valence-corrected chi connectivity index (χ0v) is 14.5. The van der Waals surface area contributed by atoms with E-state index in [0.717, 1.165) is 35.7 Å². The third-order valence-corrected chi connectivity index (χ3v) is 3.84. The fourth-order valence-electron chi connectivity index (χ4n) is 2.78. The Labute approximate surface area is 141 Å². The summed E-state index contributed by atoms with van der Waals surface area (Å²) in [4.78, 5) is 12.5. The molecule has 2 aromatic rings. The van der Waals surface area contributed by atoms with E-state index < -0.39 is 5.60 Å². The van der Waals surface area contributed by atoms with Gasteiger partial charge in [-0.15, -0.1) is 0 Å². The van der Waals surface area contributed by atoms with Crippen LogP contribution in [0.3, 0.4) is 0 Å². The summed E-state index contributed by atoms with van der Waals surface area (Å²) in [6, 6.07) is 7.65. The third-order valence-electron chi connectivity index (χ3n) is 3.84. The molecule has 24 heavy (non-hydrogen) atoms. The van der Waals surface area contributed by atoms with Crippen LogP contribution in [0.25, 0.3) is 5.69 Å². The topological polar surface area (TPSA) is 65.4 Å². The second-order valence-corrected chi connectivity index (χ2v) is 6.81. The van der Waals surface area contributed by atoms with Crippen LogP contribution in [0.1, 0.15) is 42.5 Å². The number of nitrogens with zero attached hydrogens (tertiary/aromatic N) is 2. The Hall–Kier alpha value is -2.34. The Morgan fingerprint density at radius 1 is 1.25 bits per heavy atom. The third kappa shape index (κ3) is 3.28. The van der Waals surface area contributed by atoms with Gasteiger partial charge in [0.15, 0.2) is 5.69 Å². The molecule has 0 aliphatic carbocycles. The molecule has 0 fully saturated rings. The van der Waals surface area contributed by atoms with Crippen LogP contribution in [0.4, 0.5) is 0 Å². The second kappa shape index (κ2) is 6.28. The molecule has 1 N–H and O–H groups in total. The van der Waals surface area contributed by atoms with Gasteiger partial charge in [-0.2, -0.15) is 5.10 Å². The van der Waals surface area contributed by atoms with Gasteiger partial charge in [0.25, 0.3) is 0 Å². The summed E-state index contributed by atoms with van der Waals surface area (Å²) in [5.41, 5.74) is 2.73. The van der Waals surface area contributed by atoms with Crippen LogP contribution < -0.4 is 10.1 Å². The second-order valence-electron chi connectivity index (χ2n) is 6.81. The molecule has 0 amide bonds. The number of fused-ring (bicyclic) bond motifs is 1. The van der Waals surface area contributed by atoms with Crippen molar-refractivity contribution in [3.05, 3.63) is 41.2 Å². The minimum atomic E-state index is -0.546. The molecule has 0 unspecified atom stereocenters. The highest BCUT2D eigenvalue weighted by Crippen LogP contribution is 2.25. The smallest absolute Gasteiger partial charge is 0.359 e. The van der Waals surface area contributed by atoms with Gasteiger partial charge in [0.2, 0.25) is 0 Å². The highest BCUT2D eigenvalue weighted by molar-refractivity contribution is 5.89. The molecule has 0 saturated carbocycles. The van der Waals surface area contributed by atoms with E-state index in [9.17, 15) is 4.79 Å². The molecule has 1 aromatic carbocycles. The van der Waals surface area contributed by atoms with Gasteiger partial charge >= 0.3 is 5.97 Å². The number of methoxy groups -OCH3 is 1. The number of aromatic nitrogens is 2. The first-order valence-electron chi connectivity index (χ1n) is 8.08. The zero-order chi connectivity index (χ0) is 17.3. The van der Waals surface area contributed by atoms with Crippen LogP contribution >= 0.6 is 0 Å². The Morgan fingerprint density at radius 3 is 2.58 bits per heavy atom. The van der Waals surface area contributed by atoms with E-state index in [1.807, 2.05) is 49.7 Å². The number of carbonyl (C=O) groups excluding carboxylic acids is 1. The van der Waals surface area contributed by atoms with E-state index in [2.05, 4.69) is 10.4 Å². The van der Waals surface area contributed by atoms with Gasteiger partial charge in [0.05, 0.1) is 18.5 Å². The van der Waals surface area contributed by atoms with Crippen molar-refractivity contribution in [2.75, 3.05) is 13.7 Å². The average molecular weight is 329 g/mol. The van der Waals surface area contributed by atoms with Crippen LogP contribution in [-0.2, 0) is 17.7 Å². The minimum Gasteiger partial charge on any atom is -0.497 e. The summed E-state index contributed by atoms with van der Waals surface area (Å²) in [7, 11) is 1.64. The summed E-state index contributed by atoms with van der Waals surface area (Å²) in [6.07, 6.45) is 0.817. The molecule has 128 valence electrons. The van der Waals surface area contributed by atoms with Crippen molar-refractivity contribution in [3.63, 3.8) is 0 Å². The average Bonchev–Trinajstić information content (AvgIpc) is 2.93. The number of carbonyl (C=O) groups is 1. The fraction of sp³-hybridized carbons (Fsp3) is 0.444. The van der Waals surface area contributed by atoms with Crippen LogP contribution in [0, 0.1) is 0 Å². The normalized spacial score (nSPS) is 14.2. The van der Waals surface area contributed by atoms with Gasteiger partial charge in [0, 0.05) is 25.1 Å². The number of hydrogen-bond donors (Lipinski definition) is 1. The maximum Gasteiger partial charge on any atom is 0.359 e. The number of nitrogens with one attached hydrogen (secondary N) is 1. The lowest BCUT2D eigenvalue weighted by atomic mass is 10.1. The highest BCUT2D eigenvalue weighted by Gasteiger charge is 2.28. The summed E-state index contributed by atoms with van der Waals surface area (Å²) >= 11 is 0. The van der Waals surface area contributed by atoms with E-state index in [1.54, 1.807) is 7.11 Å². The largest absolute Gasteiger partial charge is 0.497 e. The minimum absolute atomic E-state index is 0.380.